The number of imidazole rings is 2. The number of rotatable bonds is 5. The largest absolute Gasteiger partial charge is 2.00 e. The molecular formula is C50H39N5O2Pt. The zero-order chi connectivity index (χ0) is 37.8. The maximum Gasteiger partial charge on any atom is 2.00 e. The Morgan fingerprint density at radius 2 is 1.60 bits per heavy atom. The van der Waals surface area contributed by atoms with Crippen molar-refractivity contribution in [1.82, 2.24) is 23.9 Å². The van der Waals surface area contributed by atoms with E-state index >= 15 is 0 Å². The maximum absolute atomic E-state index is 6.85. The fraction of sp³-hybridized carbons (Fsp3) is 0.220. The Balaban J connectivity index is 0.00000385. The van der Waals surface area contributed by atoms with Crippen molar-refractivity contribution in [2.45, 2.75) is 52.4 Å². The van der Waals surface area contributed by atoms with Gasteiger partial charge in [0, 0.05) is 29.3 Å². The normalized spacial score (nSPS) is 16.8. The molecule has 1 saturated carbocycles. The van der Waals surface area contributed by atoms with Crippen molar-refractivity contribution in [2.24, 2.45) is 17.3 Å². The minimum absolute atomic E-state index is 0. The van der Waals surface area contributed by atoms with Crippen LogP contribution in [0.3, 0.4) is 0 Å². The molecule has 1 fully saturated rings. The fourth-order valence-corrected chi connectivity index (χ4v) is 9.98. The molecule has 7 nitrogen and oxygen atoms in total. The Hall–Kier alpha value is -5.78. The van der Waals surface area contributed by atoms with Crippen molar-refractivity contribution in [1.29, 1.82) is 0 Å². The number of furan rings is 1. The topological polar surface area (TPSA) is 70.4 Å². The van der Waals surface area contributed by atoms with Gasteiger partial charge in [-0.3, -0.25) is 4.57 Å². The second-order valence-electron chi connectivity index (χ2n) is 16.9. The van der Waals surface area contributed by atoms with E-state index in [9.17, 15) is 0 Å². The van der Waals surface area contributed by atoms with Gasteiger partial charge in [0.1, 0.15) is 11.4 Å². The Labute approximate surface area is 350 Å². The van der Waals surface area contributed by atoms with Gasteiger partial charge in [-0.15, -0.1) is 18.2 Å². The molecule has 0 saturated heterocycles. The van der Waals surface area contributed by atoms with E-state index in [2.05, 4.69) is 95.6 Å². The summed E-state index contributed by atoms with van der Waals surface area (Å²) in [4.78, 5) is 14.9. The predicted octanol–water partition coefficient (Wildman–Crippen LogP) is 12.3. The number of ether oxygens (including phenoxy) is 1. The second-order valence-corrected chi connectivity index (χ2v) is 16.9. The third kappa shape index (κ3) is 5.54. The van der Waals surface area contributed by atoms with Crippen LogP contribution in [0.25, 0.3) is 77.6 Å². The molecule has 0 bridgehead atoms. The van der Waals surface area contributed by atoms with Gasteiger partial charge in [-0.2, -0.15) is 0 Å². The molecule has 286 valence electrons. The van der Waals surface area contributed by atoms with Gasteiger partial charge in [0.25, 0.3) is 0 Å². The van der Waals surface area contributed by atoms with Gasteiger partial charge in [-0.25, -0.2) is 9.97 Å². The Kier molecular flexibility index (Phi) is 8.17. The number of fused-ring (bicyclic) bond motifs is 11. The van der Waals surface area contributed by atoms with Crippen LogP contribution in [0.1, 0.15) is 50.7 Å². The third-order valence-corrected chi connectivity index (χ3v) is 12.9. The molecule has 5 aromatic carbocycles. The summed E-state index contributed by atoms with van der Waals surface area (Å²) in [6.07, 6.45) is 11.1. The molecule has 0 N–H and O–H groups in total. The molecule has 1 unspecified atom stereocenters. The van der Waals surface area contributed by atoms with Crippen molar-refractivity contribution in [2.75, 3.05) is 0 Å². The third-order valence-electron chi connectivity index (χ3n) is 12.9. The van der Waals surface area contributed by atoms with Crippen molar-refractivity contribution >= 4 is 60.6 Å². The number of aromatic nitrogens is 5. The van der Waals surface area contributed by atoms with E-state index in [1.807, 2.05) is 48.7 Å². The van der Waals surface area contributed by atoms with E-state index in [0.29, 0.717) is 22.8 Å². The van der Waals surface area contributed by atoms with Crippen molar-refractivity contribution < 1.29 is 30.2 Å². The monoisotopic (exact) mass is 936 g/mol. The number of hydrogen-bond acceptors (Lipinski definition) is 5. The summed E-state index contributed by atoms with van der Waals surface area (Å²) in [7, 11) is 0. The molecule has 5 aromatic heterocycles. The fourth-order valence-electron chi connectivity index (χ4n) is 9.98. The summed E-state index contributed by atoms with van der Waals surface area (Å²) >= 11 is 0. The SMILES string of the molecule is CC1(C)CCC(C2Cc3ccnc(-c4[c-]c(Oc5[c-]c6c(cc5)n5c7ccccc7nc5n6-c5ccccn5)cc5c4oc4ccc6ccccc6c45)c3C2)CC1.[Pt+2]. The molecule has 2 aliphatic carbocycles. The Morgan fingerprint density at radius 1 is 0.759 bits per heavy atom. The van der Waals surface area contributed by atoms with Crippen molar-refractivity contribution in [3.63, 3.8) is 0 Å². The van der Waals surface area contributed by atoms with E-state index in [1.54, 1.807) is 6.20 Å². The molecule has 0 aliphatic heterocycles. The number of nitrogens with zero attached hydrogens (tertiary/aromatic N) is 5. The minimum atomic E-state index is 0. The molecule has 8 heteroatoms. The van der Waals surface area contributed by atoms with E-state index in [1.165, 1.54) is 36.8 Å². The van der Waals surface area contributed by atoms with E-state index < -0.39 is 0 Å². The standard InChI is InChI=1S/C50H39N5O2.Pt/c1-50(2)21-18-30(19-22-50)33-25-32-20-24-52-47(37(32)26-33)39-28-35(27-38-46-36-10-4-3-9-31(36)14-17-44(46)57-48(38)39)56-34-15-16-42-43(29-34)55(45-13-7-8-23-51-45)49-53-40-11-5-6-12-41(40)54(42)49;/h3-17,20,23-24,27,30,33H,18-19,21-22,25-26H2,1-2H3;/q-2;+2. The van der Waals surface area contributed by atoms with Crippen LogP contribution in [0.15, 0.2) is 120 Å². The minimum Gasteiger partial charge on any atom is -0.503 e. The van der Waals surface area contributed by atoms with Gasteiger partial charge in [0.05, 0.1) is 16.6 Å². The number of benzene rings is 5. The van der Waals surface area contributed by atoms with Crippen LogP contribution in [0.5, 0.6) is 11.5 Å². The van der Waals surface area contributed by atoms with Crippen LogP contribution < -0.4 is 4.74 Å². The predicted molar refractivity (Wildman–Crippen MR) is 226 cm³/mol. The van der Waals surface area contributed by atoms with Crippen LogP contribution in [0.2, 0.25) is 0 Å². The summed E-state index contributed by atoms with van der Waals surface area (Å²) in [5, 5.41) is 4.35. The molecule has 0 spiro atoms. The summed E-state index contributed by atoms with van der Waals surface area (Å²) in [5.41, 5.74) is 10.3. The smallest absolute Gasteiger partial charge is 0.503 e. The molecule has 0 amide bonds. The number of pyridine rings is 2. The molecule has 58 heavy (non-hydrogen) atoms. The van der Waals surface area contributed by atoms with Gasteiger partial charge in [0.2, 0.25) is 5.78 Å². The first-order chi connectivity index (χ1) is 28.0. The number of para-hydroxylation sites is 2. The van der Waals surface area contributed by atoms with Gasteiger partial charge in [-0.05, 0) is 120 Å². The molecule has 10 aromatic rings. The van der Waals surface area contributed by atoms with Crippen molar-refractivity contribution in [3.8, 4) is 28.6 Å². The molecule has 2 aliphatic rings. The van der Waals surface area contributed by atoms with Gasteiger partial charge in [0.15, 0.2) is 0 Å². The van der Waals surface area contributed by atoms with E-state index in [4.69, 9.17) is 24.1 Å². The van der Waals surface area contributed by atoms with Crippen LogP contribution >= 0.6 is 0 Å². The van der Waals surface area contributed by atoms with Gasteiger partial charge in [-0.1, -0.05) is 96.6 Å². The molecule has 1 atom stereocenters. The van der Waals surface area contributed by atoms with E-state index in [-0.39, 0.29) is 21.1 Å². The first-order valence-corrected chi connectivity index (χ1v) is 20.2. The van der Waals surface area contributed by atoms with Crippen LogP contribution in [0.4, 0.5) is 0 Å². The van der Waals surface area contributed by atoms with Crippen molar-refractivity contribution in [3.05, 3.63) is 139 Å². The average Bonchev–Trinajstić information content (AvgIpc) is 4.01. The van der Waals surface area contributed by atoms with Gasteiger partial charge < -0.3 is 18.5 Å². The molecular weight excluding hydrogens is 898 g/mol. The summed E-state index contributed by atoms with van der Waals surface area (Å²) < 4.78 is 17.9. The first kappa shape index (κ1) is 35.4. The molecule has 5 heterocycles. The Morgan fingerprint density at radius 3 is 2.48 bits per heavy atom. The first-order valence-electron chi connectivity index (χ1n) is 20.2. The molecule has 12 rings (SSSR count). The second kappa shape index (κ2) is 13.4. The summed E-state index contributed by atoms with van der Waals surface area (Å²) in [6.45, 7) is 4.85. The van der Waals surface area contributed by atoms with Crippen LogP contribution in [-0.2, 0) is 33.9 Å². The zero-order valence-corrected chi connectivity index (χ0v) is 34.5. The zero-order valence-electron chi connectivity index (χ0n) is 32.2. The van der Waals surface area contributed by atoms with Crippen LogP contribution in [-0.4, -0.2) is 23.9 Å². The number of hydrogen-bond donors (Lipinski definition) is 0. The molecule has 0 radical (unpaired) electrons. The van der Waals surface area contributed by atoms with Gasteiger partial charge >= 0.3 is 21.1 Å². The van der Waals surface area contributed by atoms with E-state index in [0.717, 1.165) is 96.4 Å². The van der Waals surface area contributed by atoms with Crippen LogP contribution in [0, 0.1) is 29.4 Å². The Bertz CT molecular complexity index is 3220. The summed E-state index contributed by atoms with van der Waals surface area (Å²) in [6, 6.07) is 42.5. The maximum atomic E-state index is 6.85. The average molecular weight is 937 g/mol. The quantitative estimate of drug-likeness (QED) is 0.161. The summed E-state index contributed by atoms with van der Waals surface area (Å²) in [5.74, 6) is 4.04.